The number of nitrogens with one attached hydrogen (secondary N) is 1. The Morgan fingerprint density at radius 3 is 2.73 bits per heavy atom. The van der Waals surface area contributed by atoms with Crippen molar-refractivity contribution in [3.63, 3.8) is 0 Å². The van der Waals surface area contributed by atoms with Gasteiger partial charge in [-0.2, -0.15) is 0 Å². The van der Waals surface area contributed by atoms with Crippen LogP contribution in [-0.4, -0.2) is 17.8 Å². The summed E-state index contributed by atoms with van der Waals surface area (Å²) in [6, 6.07) is 3.05. The van der Waals surface area contributed by atoms with Gasteiger partial charge in [0, 0.05) is 23.6 Å². The van der Waals surface area contributed by atoms with E-state index in [4.69, 9.17) is 5.11 Å². The second kappa shape index (κ2) is 6.26. The van der Waals surface area contributed by atoms with Crippen LogP contribution in [0.4, 0.5) is 0 Å². The van der Waals surface area contributed by atoms with Gasteiger partial charge in [0.15, 0.2) is 0 Å². The van der Waals surface area contributed by atoms with Gasteiger partial charge in [-0.3, -0.25) is 0 Å². The lowest BCUT2D eigenvalue weighted by molar-refractivity contribution is 0.274. The second-order valence-corrected chi connectivity index (χ2v) is 5.07. The molecule has 0 saturated carbocycles. The van der Waals surface area contributed by atoms with Crippen LogP contribution < -0.4 is 5.32 Å². The topological polar surface area (TPSA) is 32.3 Å². The number of aryl methyl sites for hydroxylation is 1. The minimum atomic E-state index is 0.290. The van der Waals surface area contributed by atoms with E-state index < -0.39 is 0 Å². The molecule has 1 heterocycles. The van der Waals surface area contributed by atoms with Crippen molar-refractivity contribution < 1.29 is 5.11 Å². The van der Waals surface area contributed by atoms with Crippen LogP contribution in [0.5, 0.6) is 0 Å². The van der Waals surface area contributed by atoms with Crippen molar-refractivity contribution in [1.82, 2.24) is 5.32 Å². The third-order valence-corrected chi connectivity index (χ3v) is 3.83. The highest BCUT2D eigenvalue weighted by atomic mass is 32.1. The lowest BCUT2D eigenvalue weighted by atomic mass is 10.1. The average Bonchev–Trinajstić information content (AvgIpc) is 2.61. The zero-order valence-electron chi connectivity index (χ0n) is 9.79. The zero-order chi connectivity index (χ0) is 11.3. The molecule has 2 N–H and O–H groups in total. The Balaban J connectivity index is 2.42. The number of hydrogen-bond acceptors (Lipinski definition) is 3. The molecule has 0 aromatic carbocycles. The smallest absolute Gasteiger partial charge is 0.0431 e. The highest BCUT2D eigenvalue weighted by Crippen LogP contribution is 2.23. The summed E-state index contributed by atoms with van der Waals surface area (Å²) in [4.78, 5) is 1.42. The monoisotopic (exact) mass is 227 g/mol. The first-order valence-corrected chi connectivity index (χ1v) is 6.44. The first-order valence-electron chi connectivity index (χ1n) is 5.56. The van der Waals surface area contributed by atoms with E-state index in [0.29, 0.717) is 18.7 Å². The molecule has 0 unspecified atom stereocenters. The van der Waals surface area contributed by atoms with Crippen LogP contribution in [0, 0.1) is 6.92 Å². The van der Waals surface area contributed by atoms with Gasteiger partial charge in [0.2, 0.25) is 0 Å². The summed E-state index contributed by atoms with van der Waals surface area (Å²) in [6.45, 7) is 6.82. The molecule has 0 saturated heterocycles. The maximum Gasteiger partial charge on any atom is 0.0431 e. The van der Waals surface area contributed by atoms with E-state index in [1.807, 2.05) is 11.3 Å². The fourth-order valence-corrected chi connectivity index (χ4v) is 2.76. The molecule has 86 valence electrons. The summed E-state index contributed by atoms with van der Waals surface area (Å²) in [5.74, 6) is 0. The summed E-state index contributed by atoms with van der Waals surface area (Å²) in [7, 11) is 0. The van der Waals surface area contributed by atoms with Gasteiger partial charge in [-0.05, 0) is 50.6 Å². The van der Waals surface area contributed by atoms with Gasteiger partial charge in [0.05, 0.1) is 0 Å². The summed E-state index contributed by atoms with van der Waals surface area (Å²) < 4.78 is 0. The molecule has 0 amide bonds. The Bertz CT molecular complexity index is 285. The van der Waals surface area contributed by atoms with E-state index >= 15 is 0 Å². The summed E-state index contributed by atoms with van der Waals surface area (Å²) in [5, 5.41) is 14.4. The van der Waals surface area contributed by atoms with Gasteiger partial charge in [0.1, 0.15) is 0 Å². The van der Waals surface area contributed by atoms with E-state index in [0.717, 1.165) is 12.8 Å². The molecule has 0 fully saturated rings. The van der Waals surface area contributed by atoms with Crippen LogP contribution in [0.25, 0.3) is 0 Å². The minimum Gasteiger partial charge on any atom is -0.396 e. The van der Waals surface area contributed by atoms with Crippen molar-refractivity contribution in [1.29, 1.82) is 0 Å². The van der Waals surface area contributed by atoms with Crippen LogP contribution in [0.1, 0.15) is 43.2 Å². The van der Waals surface area contributed by atoms with Crippen molar-refractivity contribution in [3.05, 3.63) is 21.9 Å². The SMILES string of the molecule is Cc1ccsc1[C@H](C)N[C@H](C)CCCO. The standard InChI is InChI=1S/C12H21NOS/c1-9-6-8-15-12(9)11(3)13-10(2)5-4-7-14/h6,8,10-11,13-14H,4-5,7H2,1-3H3/t10-,11+/m1/s1. The van der Waals surface area contributed by atoms with Crippen LogP contribution in [0.15, 0.2) is 11.4 Å². The molecule has 2 nitrogen and oxygen atoms in total. The van der Waals surface area contributed by atoms with Gasteiger partial charge in [-0.1, -0.05) is 0 Å². The molecule has 0 aliphatic carbocycles. The van der Waals surface area contributed by atoms with Crippen LogP contribution in [-0.2, 0) is 0 Å². The van der Waals surface area contributed by atoms with Crippen molar-refractivity contribution in [3.8, 4) is 0 Å². The van der Waals surface area contributed by atoms with Crippen molar-refractivity contribution in [2.45, 2.75) is 45.7 Å². The van der Waals surface area contributed by atoms with Crippen LogP contribution >= 0.6 is 11.3 Å². The summed E-state index contributed by atoms with van der Waals surface area (Å²) in [6.07, 6.45) is 1.91. The predicted octanol–water partition coefficient (Wildman–Crippen LogP) is 2.87. The molecule has 0 bridgehead atoms. The Labute approximate surface area is 96.3 Å². The lowest BCUT2D eigenvalue weighted by Crippen LogP contribution is -2.28. The fraction of sp³-hybridized carbons (Fsp3) is 0.667. The lowest BCUT2D eigenvalue weighted by Gasteiger charge is -2.19. The number of aliphatic hydroxyl groups excluding tert-OH is 1. The van der Waals surface area contributed by atoms with E-state index in [9.17, 15) is 0 Å². The Hall–Kier alpha value is -0.380. The fourth-order valence-electron chi connectivity index (χ4n) is 1.81. The van der Waals surface area contributed by atoms with Gasteiger partial charge in [0.25, 0.3) is 0 Å². The third-order valence-electron chi connectivity index (χ3n) is 2.62. The molecule has 0 spiro atoms. The Morgan fingerprint density at radius 2 is 2.20 bits per heavy atom. The number of aliphatic hydroxyl groups is 1. The van der Waals surface area contributed by atoms with Gasteiger partial charge < -0.3 is 10.4 Å². The number of hydrogen-bond donors (Lipinski definition) is 2. The first-order chi connectivity index (χ1) is 7.15. The number of thiophene rings is 1. The highest BCUT2D eigenvalue weighted by Gasteiger charge is 2.12. The quantitative estimate of drug-likeness (QED) is 0.783. The predicted molar refractivity (Wildman–Crippen MR) is 66.4 cm³/mol. The van der Waals surface area contributed by atoms with Gasteiger partial charge >= 0.3 is 0 Å². The molecule has 1 aromatic rings. The molecule has 1 aromatic heterocycles. The van der Waals surface area contributed by atoms with E-state index in [1.54, 1.807) is 0 Å². The molecule has 15 heavy (non-hydrogen) atoms. The van der Waals surface area contributed by atoms with Crippen LogP contribution in [0.3, 0.4) is 0 Å². The first kappa shape index (κ1) is 12.7. The molecular weight excluding hydrogens is 206 g/mol. The molecular formula is C12H21NOS. The van der Waals surface area contributed by atoms with Gasteiger partial charge in [-0.25, -0.2) is 0 Å². The zero-order valence-corrected chi connectivity index (χ0v) is 10.6. The molecule has 3 heteroatoms. The molecule has 0 radical (unpaired) electrons. The second-order valence-electron chi connectivity index (χ2n) is 4.12. The summed E-state index contributed by atoms with van der Waals surface area (Å²) >= 11 is 1.81. The number of rotatable bonds is 6. The average molecular weight is 227 g/mol. The highest BCUT2D eigenvalue weighted by molar-refractivity contribution is 7.10. The van der Waals surface area contributed by atoms with Crippen molar-refractivity contribution >= 4 is 11.3 Å². The Kier molecular flexibility index (Phi) is 5.29. The van der Waals surface area contributed by atoms with E-state index in [-0.39, 0.29) is 0 Å². The third kappa shape index (κ3) is 3.93. The normalized spacial score (nSPS) is 15.2. The van der Waals surface area contributed by atoms with E-state index in [2.05, 4.69) is 37.5 Å². The largest absolute Gasteiger partial charge is 0.396 e. The van der Waals surface area contributed by atoms with Crippen molar-refractivity contribution in [2.75, 3.05) is 6.61 Å². The minimum absolute atomic E-state index is 0.290. The van der Waals surface area contributed by atoms with E-state index in [1.165, 1.54) is 10.4 Å². The molecule has 0 aliphatic rings. The maximum absolute atomic E-state index is 8.75. The molecule has 2 atom stereocenters. The van der Waals surface area contributed by atoms with Crippen LogP contribution in [0.2, 0.25) is 0 Å². The summed E-state index contributed by atoms with van der Waals surface area (Å²) in [5.41, 5.74) is 1.37. The van der Waals surface area contributed by atoms with Crippen molar-refractivity contribution in [2.24, 2.45) is 0 Å². The Morgan fingerprint density at radius 1 is 1.47 bits per heavy atom. The van der Waals surface area contributed by atoms with Gasteiger partial charge in [-0.15, -0.1) is 11.3 Å². The molecule has 1 rings (SSSR count). The molecule has 0 aliphatic heterocycles. The maximum atomic E-state index is 8.75.